The molecule has 2 nitrogen and oxygen atoms in total. The Bertz CT molecular complexity index is 2750. The molecule has 0 bridgehead atoms. The van der Waals surface area contributed by atoms with Crippen molar-refractivity contribution in [2.75, 3.05) is 7.05 Å². The van der Waals surface area contributed by atoms with E-state index in [-0.39, 0.29) is 5.92 Å². The minimum Gasteiger partial charge on any atom is -0.333 e. The lowest BCUT2D eigenvalue weighted by molar-refractivity contribution is 1.03. The molecular weight excluding hydrogens is 881 g/mol. The Morgan fingerprint density at radius 2 is 0.973 bits per heavy atom. The number of rotatable bonds is 10. The molecule has 8 aromatic carbocycles. The van der Waals surface area contributed by atoms with E-state index in [2.05, 4.69) is 265 Å². The van der Waals surface area contributed by atoms with Crippen LogP contribution in [0.15, 0.2) is 225 Å². The summed E-state index contributed by atoms with van der Waals surface area (Å²) in [5.41, 5.74) is 24.6. The standard InChI is InChI=1S/C30H29N.C19H20.C11H10.5C2H6.CH5N/c1-3-4-13-29(24-11-6-5-7-12-24)30(28-14-9-8-10-22(28)2)27-18-17-25-19-23(21-31)15-16-26(25)20-27;1-3-9-18(4-2)19-13-8-12-17(15-19)14-16-10-6-5-7-11-16;1-9-6-7-10-4-2-3-5-11(10)8-9;6*1-2/h3-20,30H,21,31H2,1-2H3;3-13,15H,14H2,1-2H3;2-8H,1H3;5*1-2H3;2H2,1H3/b4-3-,29-13+;9-3-,18-4+;;;;;;;. The largest absolute Gasteiger partial charge is 0.333 e. The summed E-state index contributed by atoms with van der Waals surface area (Å²) >= 11 is 0. The number of hydrogen-bond donors (Lipinski definition) is 2. The smallest absolute Gasteiger partial charge is 0.0348 e. The van der Waals surface area contributed by atoms with Gasteiger partial charge in [0.15, 0.2) is 0 Å². The van der Waals surface area contributed by atoms with Gasteiger partial charge in [-0.25, -0.2) is 0 Å². The molecule has 8 rings (SSSR count). The Kier molecular flexibility index (Phi) is 37.8. The first-order valence-corrected chi connectivity index (χ1v) is 27.0. The van der Waals surface area contributed by atoms with Crippen LogP contribution in [0.4, 0.5) is 0 Å². The Morgan fingerprint density at radius 1 is 0.452 bits per heavy atom. The van der Waals surface area contributed by atoms with Crippen molar-refractivity contribution in [3.63, 3.8) is 0 Å². The van der Waals surface area contributed by atoms with Gasteiger partial charge in [-0.05, 0) is 131 Å². The summed E-state index contributed by atoms with van der Waals surface area (Å²) < 4.78 is 0. The molecule has 0 aliphatic rings. The Morgan fingerprint density at radius 3 is 1.58 bits per heavy atom. The highest BCUT2D eigenvalue weighted by Crippen LogP contribution is 2.40. The van der Waals surface area contributed by atoms with Crippen molar-refractivity contribution in [3.8, 4) is 0 Å². The zero-order chi connectivity index (χ0) is 54.8. The van der Waals surface area contributed by atoms with Gasteiger partial charge in [0, 0.05) is 12.5 Å². The second-order valence-electron chi connectivity index (χ2n) is 15.4. The van der Waals surface area contributed by atoms with Crippen molar-refractivity contribution in [1.29, 1.82) is 0 Å². The van der Waals surface area contributed by atoms with E-state index in [0.29, 0.717) is 6.54 Å². The summed E-state index contributed by atoms with van der Waals surface area (Å²) in [6.45, 7) is 31.1. The van der Waals surface area contributed by atoms with Crippen molar-refractivity contribution >= 4 is 32.7 Å². The van der Waals surface area contributed by atoms with Crippen molar-refractivity contribution in [2.24, 2.45) is 11.5 Å². The molecule has 0 heterocycles. The lowest BCUT2D eigenvalue weighted by Crippen LogP contribution is -2.07. The van der Waals surface area contributed by atoms with Crippen LogP contribution < -0.4 is 11.5 Å². The molecule has 4 N–H and O–H groups in total. The van der Waals surface area contributed by atoms with Gasteiger partial charge in [-0.3, -0.25) is 0 Å². The number of nitrogens with two attached hydrogens (primary N) is 2. The molecule has 0 fully saturated rings. The second kappa shape index (κ2) is 41.7. The second-order valence-corrected chi connectivity index (χ2v) is 15.4. The molecule has 0 amide bonds. The van der Waals surface area contributed by atoms with Gasteiger partial charge >= 0.3 is 0 Å². The van der Waals surface area contributed by atoms with Crippen molar-refractivity contribution in [3.05, 3.63) is 275 Å². The van der Waals surface area contributed by atoms with Gasteiger partial charge in [0.25, 0.3) is 0 Å². The zero-order valence-corrected chi connectivity index (χ0v) is 48.0. The summed E-state index contributed by atoms with van der Waals surface area (Å²) in [6.07, 6.45) is 13.9. The minimum atomic E-state index is 0.137. The summed E-state index contributed by atoms with van der Waals surface area (Å²) in [6, 6.07) is 67.1. The Balaban J connectivity index is 0.00000105. The number of aryl methyl sites for hydroxylation is 2. The van der Waals surface area contributed by atoms with Crippen LogP contribution in [0.3, 0.4) is 0 Å². The van der Waals surface area contributed by atoms with Crippen LogP contribution in [0.1, 0.15) is 146 Å². The van der Waals surface area contributed by atoms with E-state index >= 15 is 0 Å². The number of fused-ring (bicyclic) bond motifs is 2. The molecule has 0 aromatic heterocycles. The fourth-order valence-electron chi connectivity index (χ4n) is 7.79. The number of hydrogen-bond acceptors (Lipinski definition) is 2. The first-order valence-electron chi connectivity index (χ1n) is 27.0. The van der Waals surface area contributed by atoms with Crippen LogP contribution in [0.2, 0.25) is 0 Å². The maximum atomic E-state index is 5.85. The maximum Gasteiger partial charge on any atom is 0.0348 e. The lowest BCUT2D eigenvalue weighted by Gasteiger charge is -2.24. The molecule has 8 aromatic rings. The van der Waals surface area contributed by atoms with Crippen LogP contribution in [0.25, 0.3) is 32.7 Å². The Hall–Kier alpha value is -6.84. The van der Waals surface area contributed by atoms with E-state index < -0.39 is 0 Å². The SMILES string of the molecule is C/C=C\C(=C/C)c1cccc(Cc2ccccc2)c1.C/C=C\C=C(/c1ccccc1)C(c1ccc2cc(CN)ccc2c1)c1ccccc1C.CC.CC.CC.CC.CC.CN.Cc1ccc2ccccc2c1. The lowest BCUT2D eigenvalue weighted by atomic mass is 9.79. The number of benzene rings is 8. The van der Waals surface area contributed by atoms with E-state index in [0.717, 1.165) is 12.0 Å². The molecule has 1 unspecified atom stereocenters. The van der Waals surface area contributed by atoms with Crippen LogP contribution in [0.5, 0.6) is 0 Å². The van der Waals surface area contributed by atoms with E-state index in [9.17, 15) is 0 Å². The number of allylic oxidation sites excluding steroid dienone is 8. The zero-order valence-electron chi connectivity index (χ0n) is 48.0. The van der Waals surface area contributed by atoms with Gasteiger partial charge in [-0.2, -0.15) is 0 Å². The molecular formula is C71H94N2. The Labute approximate surface area is 446 Å². The molecule has 0 saturated carbocycles. The van der Waals surface area contributed by atoms with Gasteiger partial charge < -0.3 is 11.5 Å². The topological polar surface area (TPSA) is 52.0 Å². The maximum absolute atomic E-state index is 5.85. The molecule has 0 aliphatic carbocycles. The van der Waals surface area contributed by atoms with Crippen LogP contribution in [-0.4, -0.2) is 7.05 Å². The minimum absolute atomic E-state index is 0.137. The van der Waals surface area contributed by atoms with Crippen molar-refractivity contribution in [1.82, 2.24) is 0 Å². The van der Waals surface area contributed by atoms with E-state index in [1.165, 1.54) is 84.2 Å². The molecule has 73 heavy (non-hydrogen) atoms. The molecule has 0 saturated heterocycles. The predicted molar refractivity (Wildman–Crippen MR) is 334 cm³/mol. The molecule has 1 atom stereocenters. The van der Waals surface area contributed by atoms with Crippen molar-refractivity contribution in [2.45, 2.75) is 123 Å². The first-order chi connectivity index (χ1) is 35.9. The van der Waals surface area contributed by atoms with E-state index in [4.69, 9.17) is 5.73 Å². The molecule has 0 radical (unpaired) electrons. The fraction of sp³-hybridized carbons (Fsp3) is 0.268. The van der Waals surface area contributed by atoms with Crippen LogP contribution >= 0.6 is 0 Å². The highest BCUT2D eigenvalue weighted by Gasteiger charge is 2.22. The quantitative estimate of drug-likeness (QED) is 0.134. The third kappa shape index (κ3) is 22.6. The van der Waals surface area contributed by atoms with Gasteiger partial charge in [-0.1, -0.05) is 293 Å². The van der Waals surface area contributed by atoms with Crippen molar-refractivity contribution < 1.29 is 0 Å². The summed E-state index contributed by atoms with van der Waals surface area (Å²) in [7, 11) is 1.50. The van der Waals surface area contributed by atoms with Gasteiger partial charge in [0.05, 0.1) is 0 Å². The van der Waals surface area contributed by atoms with E-state index in [1.807, 2.05) is 69.2 Å². The summed E-state index contributed by atoms with van der Waals surface area (Å²) in [5, 5.41) is 5.12. The monoisotopic (exact) mass is 975 g/mol. The third-order valence-corrected chi connectivity index (χ3v) is 11.0. The summed E-state index contributed by atoms with van der Waals surface area (Å²) in [5.74, 6) is 0.137. The highest BCUT2D eigenvalue weighted by molar-refractivity contribution is 5.86. The third-order valence-electron chi connectivity index (χ3n) is 11.0. The van der Waals surface area contributed by atoms with Gasteiger partial charge in [-0.15, -0.1) is 0 Å². The normalized spacial score (nSPS) is 10.7. The highest BCUT2D eigenvalue weighted by atomic mass is 14.5. The molecule has 0 aliphatic heterocycles. The fourth-order valence-corrected chi connectivity index (χ4v) is 7.79. The van der Waals surface area contributed by atoms with Crippen LogP contribution in [-0.2, 0) is 13.0 Å². The molecule has 388 valence electrons. The van der Waals surface area contributed by atoms with Gasteiger partial charge in [0.2, 0.25) is 0 Å². The van der Waals surface area contributed by atoms with E-state index in [1.54, 1.807) is 0 Å². The summed E-state index contributed by atoms with van der Waals surface area (Å²) in [4.78, 5) is 0. The average molecular weight is 976 g/mol. The van der Waals surface area contributed by atoms with Gasteiger partial charge in [0.1, 0.15) is 0 Å². The average Bonchev–Trinajstić information content (AvgIpc) is 3.47. The first kappa shape index (κ1) is 66.2. The predicted octanol–water partition coefficient (Wildman–Crippen LogP) is 20.5. The molecule has 2 heteroatoms. The van der Waals surface area contributed by atoms with Crippen LogP contribution in [0, 0.1) is 13.8 Å². The molecule has 0 spiro atoms.